The summed E-state index contributed by atoms with van der Waals surface area (Å²) in [4.78, 5) is 25.1. The Morgan fingerprint density at radius 1 is 0.906 bits per heavy atom. The molecule has 2 aromatic heterocycles. The maximum absolute atomic E-state index is 13.0. The number of nitrogens with zero attached hydrogens (tertiary/aromatic N) is 3. The zero-order valence-electron chi connectivity index (χ0n) is 17.0. The number of hydrogen-bond acceptors (Lipinski definition) is 5. The van der Waals surface area contributed by atoms with Crippen LogP contribution in [0.1, 0.15) is 10.4 Å². The van der Waals surface area contributed by atoms with Gasteiger partial charge in [0.15, 0.2) is 5.58 Å². The maximum atomic E-state index is 13.0. The highest BCUT2D eigenvalue weighted by Crippen LogP contribution is 2.24. The quantitative estimate of drug-likeness (QED) is 0.379. The summed E-state index contributed by atoms with van der Waals surface area (Å²) in [5.41, 5.74) is 3.69. The molecule has 0 amide bonds. The van der Waals surface area contributed by atoms with Crippen LogP contribution in [0.3, 0.4) is 0 Å². The van der Waals surface area contributed by atoms with Crippen LogP contribution in [0.4, 0.5) is 0 Å². The molecular weight excluding hydrogens is 406 g/mol. The maximum Gasteiger partial charge on any atom is 0.420 e. The fourth-order valence-corrected chi connectivity index (χ4v) is 3.58. The van der Waals surface area contributed by atoms with Gasteiger partial charge < -0.3 is 9.15 Å². The molecule has 0 aliphatic rings. The van der Waals surface area contributed by atoms with Crippen LogP contribution in [0.15, 0.2) is 100 Å². The number of ether oxygens (including phenoxy) is 1. The van der Waals surface area contributed by atoms with Crippen molar-refractivity contribution >= 4 is 17.1 Å². The lowest BCUT2D eigenvalue weighted by Crippen LogP contribution is -2.19. The first-order chi connectivity index (χ1) is 15.7. The molecule has 0 radical (unpaired) electrons. The van der Waals surface area contributed by atoms with Crippen molar-refractivity contribution in [2.24, 2.45) is 0 Å². The standard InChI is InChI=1S/C25H19N3O4/c29-24(31-16-15-27-21-13-7-8-14-22(21)32-25(27)30)20-17-28(19-11-5-2-6-12-19)26-23(20)18-9-3-1-4-10-18/h1-14,17H,15-16H2. The van der Waals surface area contributed by atoms with Crippen LogP contribution in [-0.2, 0) is 11.3 Å². The topological polar surface area (TPSA) is 79.3 Å². The molecule has 0 bridgehead atoms. The highest BCUT2D eigenvalue weighted by atomic mass is 16.5. The van der Waals surface area contributed by atoms with Crippen molar-refractivity contribution < 1.29 is 13.9 Å². The molecular formula is C25H19N3O4. The van der Waals surface area contributed by atoms with E-state index in [1.807, 2.05) is 66.7 Å². The second kappa shape index (κ2) is 8.39. The fourth-order valence-electron chi connectivity index (χ4n) is 3.58. The molecule has 0 unspecified atom stereocenters. The average Bonchev–Trinajstić information content (AvgIpc) is 3.42. The monoisotopic (exact) mass is 425 g/mol. The van der Waals surface area contributed by atoms with Crippen molar-refractivity contribution in [3.63, 3.8) is 0 Å². The van der Waals surface area contributed by atoms with Gasteiger partial charge in [-0.05, 0) is 24.3 Å². The van der Waals surface area contributed by atoms with Gasteiger partial charge in [-0.25, -0.2) is 14.3 Å². The van der Waals surface area contributed by atoms with E-state index < -0.39 is 11.7 Å². The van der Waals surface area contributed by atoms with Gasteiger partial charge in [0.05, 0.1) is 17.7 Å². The van der Waals surface area contributed by atoms with E-state index in [2.05, 4.69) is 5.10 Å². The minimum absolute atomic E-state index is 0.0208. The van der Waals surface area contributed by atoms with Crippen LogP contribution < -0.4 is 5.76 Å². The number of hydrogen-bond donors (Lipinski definition) is 0. The summed E-state index contributed by atoms with van der Waals surface area (Å²) in [5, 5.41) is 4.63. The molecule has 0 saturated carbocycles. The largest absolute Gasteiger partial charge is 0.460 e. The number of esters is 1. The molecule has 0 saturated heterocycles. The Morgan fingerprint density at radius 3 is 2.38 bits per heavy atom. The van der Waals surface area contributed by atoms with Gasteiger partial charge >= 0.3 is 11.7 Å². The van der Waals surface area contributed by atoms with Crippen molar-refractivity contribution in [2.75, 3.05) is 6.61 Å². The van der Waals surface area contributed by atoms with Crippen molar-refractivity contribution in [2.45, 2.75) is 6.54 Å². The number of rotatable bonds is 6. The van der Waals surface area contributed by atoms with Gasteiger partial charge in [-0.1, -0.05) is 60.7 Å². The molecule has 5 aromatic rings. The minimum atomic E-state index is -0.508. The highest BCUT2D eigenvalue weighted by molar-refractivity contribution is 5.96. The number of carbonyl (C=O) groups is 1. The van der Waals surface area contributed by atoms with E-state index in [1.54, 1.807) is 29.1 Å². The van der Waals surface area contributed by atoms with Crippen LogP contribution in [-0.4, -0.2) is 26.9 Å². The van der Waals surface area contributed by atoms with Gasteiger partial charge in [-0.2, -0.15) is 5.10 Å². The summed E-state index contributed by atoms with van der Waals surface area (Å²) in [6.45, 7) is 0.210. The van der Waals surface area contributed by atoms with Gasteiger partial charge in [0.2, 0.25) is 0 Å². The lowest BCUT2D eigenvalue weighted by atomic mass is 10.1. The third-order valence-corrected chi connectivity index (χ3v) is 5.12. The number of carbonyl (C=O) groups excluding carboxylic acids is 1. The summed E-state index contributed by atoms with van der Waals surface area (Å²) in [6.07, 6.45) is 1.67. The molecule has 7 nitrogen and oxygen atoms in total. The molecule has 0 N–H and O–H groups in total. The Bertz CT molecular complexity index is 1430. The smallest absolute Gasteiger partial charge is 0.420 e. The van der Waals surface area contributed by atoms with Gasteiger partial charge in [-0.15, -0.1) is 0 Å². The van der Waals surface area contributed by atoms with Crippen LogP contribution >= 0.6 is 0 Å². The van der Waals surface area contributed by atoms with Crippen LogP contribution in [0, 0.1) is 0 Å². The molecule has 0 spiro atoms. The Morgan fingerprint density at radius 2 is 1.59 bits per heavy atom. The zero-order chi connectivity index (χ0) is 21.9. The number of para-hydroxylation sites is 3. The number of aromatic nitrogens is 3. The van der Waals surface area contributed by atoms with E-state index >= 15 is 0 Å². The number of oxazole rings is 1. The first-order valence-electron chi connectivity index (χ1n) is 10.2. The third-order valence-electron chi connectivity index (χ3n) is 5.12. The molecule has 7 heteroatoms. The van der Waals surface area contributed by atoms with Gasteiger partial charge in [-0.3, -0.25) is 4.57 Å². The summed E-state index contributed by atoms with van der Waals surface area (Å²) in [6, 6.07) is 26.2. The normalized spacial score (nSPS) is 11.0. The summed E-state index contributed by atoms with van der Waals surface area (Å²) >= 11 is 0. The average molecular weight is 425 g/mol. The van der Waals surface area contributed by atoms with Crippen molar-refractivity contribution in [1.29, 1.82) is 0 Å². The van der Waals surface area contributed by atoms with E-state index in [-0.39, 0.29) is 13.2 Å². The fraction of sp³-hybridized carbons (Fsp3) is 0.0800. The first kappa shape index (κ1) is 19.6. The van der Waals surface area contributed by atoms with E-state index in [0.29, 0.717) is 22.4 Å². The molecule has 3 aromatic carbocycles. The Kier molecular flexibility index (Phi) is 5.13. The molecule has 0 aliphatic heterocycles. The number of fused-ring (bicyclic) bond motifs is 1. The van der Waals surface area contributed by atoms with Crippen molar-refractivity contribution in [3.8, 4) is 16.9 Å². The second-order valence-corrected chi connectivity index (χ2v) is 7.16. The van der Waals surface area contributed by atoms with Crippen LogP contribution in [0.5, 0.6) is 0 Å². The predicted molar refractivity (Wildman–Crippen MR) is 120 cm³/mol. The highest BCUT2D eigenvalue weighted by Gasteiger charge is 2.20. The summed E-state index contributed by atoms with van der Waals surface area (Å²) < 4.78 is 13.9. The second-order valence-electron chi connectivity index (χ2n) is 7.16. The van der Waals surface area contributed by atoms with E-state index in [1.165, 1.54) is 4.57 Å². The van der Waals surface area contributed by atoms with Gasteiger partial charge in [0, 0.05) is 11.8 Å². The van der Waals surface area contributed by atoms with Crippen molar-refractivity contribution in [3.05, 3.63) is 107 Å². The zero-order valence-corrected chi connectivity index (χ0v) is 17.0. The first-order valence-corrected chi connectivity index (χ1v) is 10.2. The number of benzene rings is 3. The van der Waals surface area contributed by atoms with Gasteiger partial charge in [0.1, 0.15) is 17.9 Å². The lowest BCUT2D eigenvalue weighted by Gasteiger charge is -2.06. The van der Waals surface area contributed by atoms with Crippen LogP contribution in [0.25, 0.3) is 28.0 Å². The molecule has 2 heterocycles. The Labute approximate surface area is 183 Å². The minimum Gasteiger partial charge on any atom is -0.460 e. The summed E-state index contributed by atoms with van der Waals surface area (Å²) in [7, 11) is 0. The molecule has 5 rings (SSSR count). The molecule has 0 aliphatic carbocycles. The van der Waals surface area contributed by atoms with Crippen molar-refractivity contribution in [1.82, 2.24) is 14.3 Å². The third kappa shape index (κ3) is 3.72. The van der Waals surface area contributed by atoms with E-state index in [4.69, 9.17) is 9.15 Å². The molecule has 0 fully saturated rings. The molecule has 0 atom stereocenters. The Balaban J connectivity index is 1.40. The van der Waals surface area contributed by atoms with Gasteiger partial charge in [0.25, 0.3) is 0 Å². The predicted octanol–water partition coefficient (Wildman–Crippen LogP) is 4.30. The van der Waals surface area contributed by atoms with E-state index in [9.17, 15) is 9.59 Å². The van der Waals surface area contributed by atoms with E-state index in [0.717, 1.165) is 11.3 Å². The summed E-state index contributed by atoms with van der Waals surface area (Å²) in [5.74, 6) is -0.990. The van der Waals surface area contributed by atoms with Crippen LogP contribution in [0.2, 0.25) is 0 Å². The lowest BCUT2D eigenvalue weighted by molar-refractivity contribution is 0.0491. The Hall–Kier alpha value is -4.39. The molecule has 158 valence electrons. The molecule has 32 heavy (non-hydrogen) atoms. The SMILES string of the molecule is O=C(OCCn1c(=O)oc2ccccc21)c1cn(-c2ccccc2)nc1-c1ccccc1.